The molecular weight excluding hydrogens is 345 g/mol. The number of hydrogen-bond donors (Lipinski definition) is 1. The highest BCUT2D eigenvalue weighted by Crippen LogP contribution is 2.24. The standard InChI is InChI=1S/C15H14BrCl2N/c1-10(13-4-2-3-5-14(13)17)19-9-11-6-7-12(16)8-15(11)18/h2-8,10,19H,9H2,1H3. The molecule has 0 heterocycles. The first kappa shape index (κ1) is 14.9. The molecule has 0 saturated heterocycles. The maximum Gasteiger partial charge on any atom is 0.0462 e. The third-order valence-electron chi connectivity index (χ3n) is 2.99. The lowest BCUT2D eigenvalue weighted by Crippen LogP contribution is -2.18. The average Bonchev–Trinajstić information content (AvgIpc) is 2.38. The third-order valence-corrected chi connectivity index (χ3v) is 4.17. The van der Waals surface area contributed by atoms with Crippen molar-refractivity contribution in [3.8, 4) is 0 Å². The van der Waals surface area contributed by atoms with Crippen LogP contribution in [-0.2, 0) is 6.54 Å². The molecular formula is C15H14BrCl2N. The Bertz CT molecular complexity index is 572. The van der Waals surface area contributed by atoms with Crippen molar-refractivity contribution in [3.05, 3.63) is 68.1 Å². The van der Waals surface area contributed by atoms with E-state index >= 15 is 0 Å². The number of nitrogens with one attached hydrogen (secondary N) is 1. The van der Waals surface area contributed by atoms with Crippen LogP contribution < -0.4 is 5.32 Å². The zero-order chi connectivity index (χ0) is 13.8. The Morgan fingerprint density at radius 1 is 1.11 bits per heavy atom. The van der Waals surface area contributed by atoms with Crippen LogP contribution >= 0.6 is 39.1 Å². The van der Waals surface area contributed by atoms with E-state index in [1.165, 1.54) is 0 Å². The molecule has 0 radical (unpaired) electrons. The van der Waals surface area contributed by atoms with Crippen LogP contribution in [0.15, 0.2) is 46.9 Å². The van der Waals surface area contributed by atoms with Gasteiger partial charge in [-0.05, 0) is 36.2 Å². The molecule has 0 fully saturated rings. The molecule has 0 aliphatic carbocycles. The van der Waals surface area contributed by atoms with Crippen molar-refractivity contribution in [2.45, 2.75) is 19.5 Å². The average molecular weight is 359 g/mol. The molecule has 100 valence electrons. The normalized spacial score (nSPS) is 12.4. The fraction of sp³-hybridized carbons (Fsp3) is 0.200. The fourth-order valence-corrected chi connectivity index (χ4v) is 2.90. The van der Waals surface area contributed by atoms with Gasteiger partial charge in [0.2, 0.25) is 0 Å². The van der Waals surface area contributed by atoms with Gasteiger partial charge in [0.25, 0.3) is 0 Å². The van der Waals surface area contributed by atoms with E-state index in [-0.39, 0.29) is 6.04 Å². The SMILES string of the molecule is CC(NCc1ccc(Br)cc1Cl)c1ccccc1Cl. The minimum absolute atomic E-state index is 0.174. The first-order valence-electron chi connectivity index (χ1n) is 5.99. The summed E-state index contributed by atoms with van der Waals surface area (Å²) in [5, 5.41) is 4.97. The van der Waals surface area contributed by atoms with Crippen molar-refractivity contribution in [2.24, 2.45) is 0 Å². The van der Waals surface area contributed by atoms with Crippen LogP contribution in [0, 0.1) is 0 Å². The highest BCUT2D eigenvalue weighted by molar-refractivity contribution is 9.10. The second-order valence-corrected chi connectivity index (χ2v) is 6.09. The van der Waals surface area contributed by atoms with Crippen LogP contribution in [0.2, 0.25) is 10.0 Å². The summed E-state index contributed by atoms with van der Waals surface area (Å²) >= 11 is 15.8. The van der Waals surface area contributed by atoms with Crippen molar-refractivity contribution >= 4 is 39.1 Å². The van der Waals surface area contributed by atoms with Crippen molar-refractivity contribution in [1.82, 2.24) is 5.32 Å². The van der Waals surface area contributed by atoms with E-state index in [1.54, 1.807) is 0 Å². The molecule has 0 aromatic heterocycles. The first-order valence-corrected chi connectivity index (χ1v) is 7.54. The number of rotatable bonds is 4. The zero-order valence-corrected chi connectivity index (χ0v) is 13.6. The number of halogens is 3. The smallest absolute Gasteiger partial charge is 0.0462 e. The van der Waals surface area contributed by atoms with E-state index in [2.05, 4.69) is 28.2 Å². The van der Waals surface area contributed by atoms with Crippen molar-refractivity contribution in [3.63, 3.8) is 0 Å². The summed E-state index contributed by atoms with van der Waals surface area (Å²) in [6, 6.07) is 13.9. The maximum atomic E-state index is 6.19. The van der Waals surface area contributed by atoms with E-state index < -0.39 is 0 Å². The van der Waals surface area contributed by atoms with Crippen LogP contribution in [0.1, 0.15) is 24.1 Å². The van der Waals surface area contributed by atoms with Crippen molar-refractivity contribution < 1.29 is 0 Å². The van der Waals surface area contributed by atoms with E-state index in [4.69, 9.17) is 23.2 Å². The molecule has 2 rings (SSSR count). The molecule has 0 saturated carbocycles. The summed E-state index contributed by atoms with van der Waals surface area (Å²) in [5.74, 6) is 0. The lowest BCUT2D eigenvalue weighted by molar-refractivity contribution is 0.575. The van der Waals surface area contributed by atoms with Gasteiger partial charge in [-0.3, -0.25) is 0 Å². The van der Waals surface area contributed by atoms with Gasteiger partial charge in [0, 0.05) is 27.1 Å². The van der Waals surface area contributed by atoms with Gasteiger partial charge in [-0.15, -0.1) is 0 Å². The largest absolute Gasteiger partial charge is 0.306 e. The molecule has 0 aliphatic rings. The van der Waals surface area contributed by atoms with Gasteiger partial charge in [-0.25, -0.2) is 0 Å². The second-order valence-electron chi connectivity index (χ2n) is 4.36. The molecule has 0 aliphatic heterocycles. The summed E-state index contributed by atoms with van der Waals surface area (Å²) < 4.78 is 0.986. The Morgan fingerprint density at radius 2 is 1.84 bits per heavy atom. The van der Waals surface area contributed by atoms with Crippen LogP contribution in [0.3, 0.4) is 0 Å². The van der Waals surface area contributed by atoms with Gasteiger partial charge in [-0.1, -0.05) is 63.4 Å². The molecule has 1 nitrogen and oxygen atoms in total. The highest BCUT2D eigenvalue weighted by atomic mass is 79.9. The Hall–Kier alpha value is -0.540. The predicted molar refractivity (Wildman–Crippen MR) is 85.9 cm³/mol. The van der Waals surface area contributed by atoms with E-state index in [0.717, 1.165) is 25.6 Å². The van der Waals surface area contributed by atoms with Crippen LogP contribution in [0.5, 0.6) is 0 Å². The molecule has 1 atom stereocenters. The van der Waals surface area contributed by atoms with E-state index in [9.17, 15) is 0 Å². The van der Waals surface area contributed by atoms with Gasteiger partial charge in [-0.2, -0.15) is 0 Å². The maximum absolute atomic E-state index is 6.19. The third kappa shape index (κ3) is 3.96. The number of hydrogen-bond acceptors (Lipinski definition) is 1. The molecule has 19 heavy (non-hydrogen) atoms. The van der Waals surface area contributed by atoms with Gasteiger partial charge in [0.1, 0.15) is 0 Å². The first-order chi connectivity index (χ1) is 9.08. The van der Waals surface area contributed by atoms with Gasteiger partial charge in [0.15, 0.2) is 0 Å². The molecule has 4 heteroatoms. The summed E-state index contributed by atoms with van der Waals surface area (Å²) in [7, 11) is 0. The molecule has 0 spiro atoms. The lowest BCUT2D eigenvalue weighted by Gasteiger charge is -2.16. The molecule has 2 aromatic carbocycles. The fourth-order valence-electron chi connectivity index (χ4n) is 1.86. The lowest BCUT2D eigenvalue weighted by atomic mass is 10.1. The summed E-state index contributed by atoms with van der Waals surface area (Å²) in [4.78, 5) is 0. The monoisotopic (exact) mass is 357 g/mol. The Morgan fingerprint density at radius 3 is 2.53 bits per heavy atom. The van der Waals surface area contributed by atoms with Crippen molar-refractivity contribution in [2.75, 3.05) is 0 Å². The summed E-state index contributed by atoms with van der Waals surface area (Å²) in [6.07, 6.45) is 0. The Labute approximate surface area is 132 Å². The minimum atomic E-state index is 0.174. The molecule has 0 amide bonds. The van der Waals surface area contributed by atoms with Crippen molar-refractivity contribution in [1.29, 1.82) is 0 Å². The zero-order valence-electron chi connectivity index (χ0n) is 10.5. The van der Waals surface area contributed by atoms with Gasteiger partial charge < -0.3 is 5.32 Å². The molecule has 0 bridgehead atoms. The quantitative estimate of drug-likeness (QED) is 0.749. The Balaban J connectivity index is 2.04. The molecule has 1 N–H and O–H groups in total. The van der Waals surface area contributed by atoms with E-state index in [1.807, 2.05) is 42.5 Å². The summed E-state index contributed by atoms with van der Waals surface area (Å²) in [5.41, 5.74) is 2.17. The number of benzene rings is 2. The predicted octanol–water partition coefficient (Wildman–Crippen LogP) is 5.61. The van der Waals surface area contributed by atoms with Gasteiger partial charge >= 0.3 is 0 Å². The van der Waals surface area contributed by atoms with E-state index in [0.29, 0.717) is 6.54 Å². The molecule has 2 aromatic rings. The summed E-state index contributed by atoms with van der Waals surface area (Å²) in [6.45, 7) is 2.80. The van der Waals surface area contributed by atoms with Gasteiger partial charge in [0.05, 0.1) is 0 Å². The minimum Gasteiger partial charge on any atom is -0.306 e. The molecule has 1 unspecified atom stereocenters. The van der Waals surface area contributed by atoms with Crippen LogP contribution in [0.25, 0.3) is 0 Å². The second kappa shape index (κ2) is 6.76. The topological polar surface area (TPSA) is 12.0 Å². The van der Waals surface area contributed by atoms with Crippen LogP contribution in [-0.4, -0.2) is 0 Å². The Kier molecular flexibility index (Phi) is 5.28. The van der Waals surface area contributed by atoms with Crippen LogP contribution in [0.4, 0.5) is 0 Å². The highest BCUT2D eigenvalue weighted by Gasteiger charge is 2.09.